The van der Waals surface area contributed by atoms with Crippen molar-refractivity contribution in [2.24, 2.45) is 0 Å². The molecule has 0 heterocycles. The molecule has 0 unspecified atom stereocenters. The number of hydrogen-bond donors (Lipinski definition) is 1. The van der Waals surface area contributed by atoms with Gasteiger partial charge in [0.05, 0.1) is 6.61 Å². The molecule has 0 fully saturated rings. The Hall–Kier alpha value is -1.84. The second-order valence-corrected chi connectivity index (χ2v) is 3.38. The number of ether oxygens (including phenoxy) is 1. The van der Waals surface area contributed by atoms with E-state index in [0.717, 1.165) is 12.7 Å². The van der Waals surface area contributed by atoms with Crippen molar-refractivity contribution >= 4 is 12.2 Å². The van der Waals surface area contributed by atoms with Crippen LogP contribution in [-0.4, -0.2) is 25.3 Å². The molecule has 4 heteroatoms. The highest BCUT2D eigenvalue weighted by molar-refractivity contribution is 5.75. The molecule has 4 nitrogen and oxygen atoms in total. The van der Waals surface area contributed by atoms with Crippen LogP contribution < -0.4 is 10.1 Å². The van der Waals surface area contributed by atoms with E-state index in [1.807, 2.05) is 0 Å². The van der Waals surface area contributed by atoms with E-state index in [1.54, 1.807) is 24.3 Å². The van der Waals surface area contributed by atoms with E-state index in [4.69, 9.17) is 4.74 Å². The lowest BCUT2D eigenvalue weighted by atomic mass is 10.2. The minimum Gasteiger partial charge on any atom is -0.494 e. The zero-order valence-electron chi connectivity index (χ0n) is 9.23. The third-order valence-corrected chi connectivity index (χ3v) is 1.96. The molecule has 0 aliphatic carbocycles. The van der Waals surface area contributed by atoms with Gasteiger partial charge in [-0.3, -0.25) is 9.59 Å². The predicted octanol–water partition coefficient (Wildman–Crippen LogP) is 1.40. The Balaban J connectivity index is 2.26. The van der Waals surface area contributed by atoms with Gasteiger partial charge in [0.2, 0.25) is 5.91 Å². The molecule has 0 saturated carbocycles. The van der Waals surface area contributed by atoms with E-state index in [9.17, 15) is 9.59 Å². The molecule has 0 atom stereocenters. The molecule has 86 valence electrons. The third-order valence-electron chi connectivity index (χ3n) is 1.96. The lowest BCUT2D eigenvalue weighted by Crippen LogP contribution is -2.22. The summed E-state index contributed by atoms with van der Waals surface area (Å²) in [7, 11) is 0. The van der Waals surface area contributed by atoms with Crippen LogP contribution in [0.3, 0.4) is 0 Å². The van der Waals surface area contributed by atoms with Crippen LogP contribution in [0.15, 0.2) is 24.3 Å². The Kier molecular flexibility index (Phi) is 5.05. The van der Waals surface area contributed by atoms with Crippen LogP contribution in [0, 0.1) is 0 Å². The molecule has 0 aliphatic heterocycles. The number of rotatable bonds is 6. The van der Waals surface area contributed by atoms with E-state index < -0.39 is 0 Å². The Morgan fingerprint density at radius 3 is 3.00 bits per heavy atom. The van der Waals surface area contributed by atoms with Crippen molar-refractivity contribution < 1.29 is 14.3 Å². The van der Waals surface area contributed by atoms with Gasteiger partial charge < -0.3 is 10.1 Å². The van der Waals surface area contributed by atoms with Crippen LogP contribution in [0.5, 0.6) is 5.75 Å². The average Bonchev–Trinajstić information content (AvgIpc) is 2.28. The van der Waals surface area contributed by atoms with Crippen molar-refractivity contribution in [2.45, 2.75) is 13.3 Å². The van der Waals surface area contributed by atoms with Crippen molar-refractivity contribution in [3.63, 3.8) is 0 Å². The maximum absolute atomic E-state index is 10.6. The minimum absolute atomic E-state index is 0.0389. The van der Waals surface area contributed by atoms with Crippen LogP contribution in [0.2, 0.25) is 0 Å². The van der Waals surface area contributed by atoms with Crippen molar-refractivity contribution in [2.75, 3.05) is 13.2 Å². The first-order valence-corrected chi connectivity index (χ1v) is 5.15. The van der Waals surface area contributed by atoms with Gasteiger partial charge in [-0.2, -0.15) is 0 Å². The SMILES string of the molecule is CC(=O)NCCCOc1cccc(C=O)c1. The molecule has 0 bridgehead atoms. The van der Waals surface area contributed by atoms with E-state index in [2.05, 4.69) is 5.32 Å². The summed E-state index contributed by atoms with van der Waals surface area (Å²) in [6.45, 7) is 2.60. The van der Waals surface area contributed by atoms with Gasteiger partial charge in [-0.15, -0.1) is 0 Å². The van der Waals surface area contributed by atoms with Gasteiger partial charge in [0.15, 0.2) is 0 Å². The molecule has 1 amide bonds. The quantitative estimate of drug-likeness (QED) is 0.583. The average molecular weight is 221 g/mol. The summed E-state index contributed by atoms with van der Waals surface area (Å²) in [6.07, 6.45) is 1.52. The maximum Gasteiger partial charge on any atom is 0.216 e. The van der Waals surface area contributed by atoms with Gasteiger partial charge in [0.25, 0.3) is 0 Å². The fourth-order valence-electron chi connectivity index (χ4n) is 1.20. The second kappa shape index (κ2) is 6.61. The monoisotopic (exact) mass is 221 g/mol. The second-order valence-electron chi connectivity index (χ2n) is 3.38. The topological polar surface area (TPSA) is 55.4 Å². The van der Waals surface area contributed by atoms with Gasteiger partial charge in [0.1, 0.15) is 12.0 Å². The van der Waals surface area contributed by atoms with Gasteiger partial charge in [-0.25, -0.2) is 0 Å². The predicted molar refractivity (Wildman–Crippen MR) is 60.6 cm³/mol. The van der Waals surface area contributed by atoms with Crippen molar-refractivity contribution in [1.29, 1.82) is 0 Å². The normalized spacial score (nSPS) is 9.56. The molecule has 0 spiro atoms. The Morgan fingerprint density at radius 2 is 2.31 bits per heavy atom. The summed E-state index contributed by atoms with van der Waals surface area (Å²) in [6, 6.07) is 6.97. The standard InChI is InChI=1S/C12H15NO3/c1-10(15)13-6-3-7-16-12-5-2-4-11(8-12)9-14/h2,4-5,8-9H,3,6-7H2,1H3,(H,13,15). The zero-order chi connectivity index (χ0) is 11.8. The highest BCUT2D eigenvalue weighted by atomic mass is 16.5. The Bertz CT molecular complexity index is 363. The van der Waals surface area contributed by atoms with Gasteiger partial charge in [-0.1, -0.05) is 12.1 Å². The van der Waals surface area contributed by atoms with Gasteiger partial charge in [-0.05, 0) is 18.6 Å². The molecule has 1 aromatic rings. The molecular weight excluding hydrogens is 206 g/mol. The van der Waals surface area contributed by atoms with Crippen LogP contribution in [0.1, 0.15) is 23.7 Å². The lowest BCUT2D eigenvalue weighted by Gasteiger charge is -2.06. The lowest BCUT2D eigenvalue weighted by molar-refractivity contribution is -0.118. The van der Waals surface area contributed by atoms with Gasteiger partial charge >= 0.3 is 0 Å². The van der Waals surface area contributed by atoms with E-state index in [-0.39, 0.29) is 5.91 Å². The van der Waals surface area contributed by atoms with Crippen LogP contribution >= 0.6 is 0 Å². The highest BCUT2D eigenvalue weighted by Gasteiger charge is 1.96. The van der Waals surface area contributed by atoms with E-state index in [0.29, 0.717) is 24.5 Å². The molecule has 0 aromatic heterocycles. The number of amides is 1. The molecule has 0 radical (unpaired) electrons. The number of hydrogen-bond acceptors (Lipinski definition) is 3. The molecule has 0 aliphatic rings. The van der Waals surface area contributed by atoms with Crippen LogP contribution in [0.4, 0.5) is 0 Å². The number of carbonyl (C=O) groups excluding carboxylic acids is 2. The summed E-state index contributed by atoms with van der Waals surface area (Å²) < 4.78 is 5.42. The van der Waals surface area contributed by atoms with E-state index >= 15 is 0 Å². The summed E-state index contributed by atoms with van der Waals surface area (Å²) in [5.41, 5.74) is 0.597. The van der Waals surface area contributed by atoms with Crippen LogP contribution in [-0.2, 0) is 4.79 Å². The summed E-state index contributed by atoms with van der Waals surface area (Å²) in [5, 5.41) is 2.68. The summed E-state index contributed by atoms with van der Waals surface area (Å²) >= 11 is 0. The number of carbonyl (C=O) groups is 2. The van der Waals surface area contributed by atoms with Gasteiger partial charge in [0, 0.05) is 19.0 Å². The fourth-order valence-corrected chi connectivity index (χ4v) is 1.20. The van der Waals surface area contributed by atoms with Crippen LogP contribution in [0.25, 0.3) is 0 Å². The highest BCUT2D eigenvalue weighted by Crippen LogP contribution is 2.11. The summed E-state index contributed by atoms with van der Waals surface area (Å²) in [4.78, 5) is 21.1. The Morgan fingerprint density at radius 1 is 1.50 bits per heavy atom. The minimum atomic E-state index is -0.0389. The number of aldehydes is 1. The first-order chi connectivity index (χ1) is 7.72. The molecule has 0 saturated heterocycles. The largest absolute Gasteiger partial charge is 0.494 e. The van der Waals surface area contributed by atoms with Crippen molar-refractivity contribution in [3.8, 4) is 5.75 Å². The first-order valence-electron chi connectivity index (χ1n) is 5.15. The molecule has 1 rings (SSSR count). The van der Waals surface area contributed by atoms with Crippen molar-refractivity contribution in [1.82, 2.24) is 5.32 Å². The molecule has 16 heavy (non-hydrogen) atoms. The number of nitrogens with one attached hydrogen (secondary N) is 1. The smallest absolute Gasteiger partial charge is 0.216 e. The molecular formula is C12H15NO3. The summed E-state index contributed by atoms with van der Waals surface area (Å²) in [5.74, 6) is 0.635. The molecule has 1 aromatic carbocycles. The molecule has 1 N–H and O–H groups in total. The first kappa shape index (κ1) is 12.2. The van der Waals surface area contributed by atoms with E-state index in [1.165, 1.54) is 6.92 Å². The fraction of sp³-hybridized carbons (Fsp3) is 0.333. The zero-order valence-corrected chi connectivity index (χ0v) is 9.23. The number of benzene rings is 1. The Labute approximate surface area is 94.6 Å². The maximum atomic E-state index is 10.6. The third kappa shape index (κ3) is 4.59. The van der Waals surface area contributed by atoms with Crippen molar-refractivity contribution in [3.05, 3.63) is 29.8 Å².